The fraction of sp³-hybridized carbons (Fsp3) is 0.391. The summed E-state index contributed by atoms with van der Waals surface area (Å²) in [6.07, 6.45) is 8.92. The summed E-state index contributed by atoms with van der Waals surface area (Å²) in [5.41, 5.74) is 3.57. The maximum atomic E-state index is 13.2. The molecule has 0 heterocycles. The smallest absolute Gasteiger partial charge is 0.249 e. The van der Waals surface area contributed by atoms with Crippen molar-refractivity contribution in [3.63, 3.8) is 0 Å². The Kier molecular flexibility index (Phi) is 17.7. The van der Waals surface area contributed by atoms with Crippen LogP contribution in [0.3, 0.4) is 0 Å². The van der Waals surface area contributed by atoms with Crippen LogP contribution in [0.15, 0.2) is 109 Å². The second-order valence-electron chi connectivity index (χ2n) is 14.7. The van der Waals surface area contributed by atoms with Crippen molar-refractivity contribution in [1.82, 2.24) is 10.6 Å². The molecule has 4 aromatic rings. The number of methoxy groups -OCH3 is 2. The fourth-order valence-electron chi connectivity index (χ4n) is 7.39. The van der Waals surface area contributed by atoms with Gasteiger partial charge in [-0.3, -0.25) is 19.2 Å². The third-order valence-electron chi connectivity index (χ3n) is 10.8. The van der Waals surface area contributed by atoms with E-state index in [-0.39, 0.29) is 52.5 Å². The van der Waals surface area contributed by atoms with Gasteiger partial charge in [0.15, 0.2) is 0 Å². The average molecular weight is 817 g/mol. The molecular formula is C46H56FeN4O6. The van der Waals surface area contributed by atoms with Gasteiger partial charge >= 0.3 is 0 Å². The van der Waals surface area contributed by atoms with Crippen LogP contribution in [-0.4, -0.2) is 64.0 Å². The summed E-state index contributed by atoms with van der Waals surface area (Å²) in [6.45, 7) is 0. The summed E-state index contributed by atoms with van der Waals surface area (Å²) in [7, 11) is 6.70. The van der Waals surface area contributed by atoms with Gasteiger partial charge in [-0.1, -0.05) is 86.3 Å². The second kappa shape index (κ2) is 22.6. The van der Waals surface area contributed by atoms with Gasteiger partial charge in [-0.15, -0.1) is 0 Å². The quantitative estimate of drug-likeness (QED) is 0.131. The summed E-state index contributed by atoms with van der Waals surface area (Å²) in [4.78, 5) is 55.1. The van der Waals surface area contributed by atoms with Crippen molar-refractivity contribution >= 4 is 35.0 Å². The van der Waals surface area contributed by atoms with E-state index in [0.717, 1.165) is 85.4 Å². The Morgan fingerprint density at radius 1 is 0.544 bits per heavy atom. The minimum atomic E-state index is -0.595. The van der Waals surface area contributed by atoms with E-state index in [9.17, 15) is 19.2 Å². The van der Waals surface area contributed by atoms with Crippen LogP contribution >= 0.6 is 0 Å². The van der Waals surface area contributed by atoms with E-state index in [1.807, 2.05) is 109 Å². The van der Waals surface area contributed by atoms with Crippen LogP contribution in [0, 0.1) is 11.8 Å². The number of rotatable bonds is 14. The van der Waals surface area contributed by atoms with Gasteiger partial charge in [0.05, 0.1) is 14.2 Å². The van der Waals surface area contributed by atoms with Gasteiger partial charge in [0, 0.05) is 67.2 Å². The monoisotopic (exact) mass is 816 g/mol. The molecule has 2 N–H and O–H groups in total. The Labute approximate surface area is 348 Å². The predicted octanol–water partition coefficient (Wildman–Crippen LogP) is 7.15. The average Bonchev–Trinajstić information content (AvgIpc) is 4.00. The van der Waals surface area contributed by atoms with E-state index < -0.39 is 12.1 Å². The molecule has 0 bridgehead atoms. The van der Waals surface area contributed by atoms with E-state index >= 15 is 0 Å². The Morgan fingerprint density at radius 3 is 1.16 bits per heavy atom. The molecule has 2 aliphatic rings. The van der Waals surface area contributed by atoms with E-state index in [0.29, 0.717) is 12.8 Å². The third-order valence-corrected chi connectivity index (χ3v) is 10.8. The Hall–Kier alpha value is -5.12. The van der Waals surface area contributed by atoms with Crippen molar-refractivity contribution < 1.29 is 45.7 Å². The zero-order chi connectivity index (χ0) is 39.9. The number of benzene rings is 4. The number of likely N-dealkylation sites (N-methyl/N-ethyl adjacent to an activating group) is 2. The van der Waals surface area contributed by atoms with Crippen LogP contribution in [0.4, 0.5) is 11.4 Å². The van der Waals surface area contributed by atoms with Gasteiger partial charge < -0.3 is 29.9 Å². The first-order chi connectivity index (χ1) is 27.2. The first-order valence-corrected chi connectivity index (χ1v) is 19.7. The topological polar surface area (TPSA) is 117 Å². The molecule has 0 unspecified atom stereocenters. The molecule has 0 saturated heterocycles. The Bertz CT molecular complexity index is 1710. The first-order valence-electron chi connectivity index (χ1n) is 19.7. The van der Waals surface area contributed by atoms with Crippen LogP contribution < -0.4 is 29.9 Å². The van der Waals surface area contributed by atoms with Gasteiger partial charge in [0.1, 0.15) is 23.6 Å². The number of amides is 4. The van der Waals surface area contributed by atoms with E-state index in [2.05, 4.69) is 10.6 Å². The molecule has 6 rings (SSSR count). The van der Waals surface area contributed by atoms with Crippen molar-refractivity contribution in [1.29, 1.82) is 0 Å². The summed E-state index contributed by atoms with van der Waals surface area (Å²) in [5.74, 6) is 1.26. The molecule has 0 aliphatic heterocycles. The van der Waals surface area contributed by atoms with E-state index in [1.54, 1.807) is 38.1 Å². The zero-order valence-electron chi connectivity index (χ0n) is 33.5. The van der Waals surface area contributed by atoms with Gasteiger partial charge in [-0.05, 0) is 85.3 Å². The van der Waals surface area contributed by atoms with Crippen LogP contribution in [0.2, 0.25) is 0 Å². The first kappa shape index (κ1) is 44.6. The van der Waals surface area contributed by atoms with Crippen LogP contribution in [0.5, 0.6) is 11.5 Å². The molecule has 4 amide bonds. The number of anilines is 2. The fourth-order valence-corrected chi connectivity index (χ4v) is 7.39. The number of hydrogen-bond donors (Lipinski definition) is 2. The minimum absolute atomic E-state index is 0. The van der Waals surface area contributed by atoms with E-state index in [4.69, 9.17) is 9.47 Å². The molecule has 2 aliphatic carbocycles. The molecule has 11 heteroatoms. The van der Waals surface area contributed by atoms with Crippen molar-refractivity contribution in [2.75, 3.05) is 38.1 Å². The standard InChI is InChI=1S/2C23H28N2O3.Fe/c2*1-25(19-12-14-20(28-2)15-13-19)23(27)21(16-17-8-4-3-5-9-17)24-22(26)18-10-6-7-11-18;/h2*3-5,8-9,12-15,18,21H,6-7,10-11,16H2,1-2H3,(H,24,26);/t2*21-;/m00./s1. The van der Waals surface area contributed by atoms with Crippen LogP contribution in [-0.2, 0) is 49.1 Å². The third kappa shape index (κ3) is 13.0. The number of hydrogen-bond acceptors (Lipinski definition) is 6. The summed E-state index contributed by atoms with van der Waals surface area (Å²) < 4.78 is 10.4. The summed E-state index contributed by atoms with van der Waals surface area (Å²) >= 11 is 0. The van der Waals surface area contributed by atoms with Gasteiger partial charge in [-0.2, -0.15) is 0 Å². The van der Waals surface area contributed by atoms with Crippen molar-refractivity contribution in [2.45, 2.75) is 76.3 Å². The normalized spacial score (nSPS) is 14.8. The van der Waals surface area contributed by atoms with Gasteiger partial charge in [-0.25, -0.2) is 0 Å². The number of nitrogens with zero attached hydrogens (tertiary/aromatic N) is 2. The SMILES string of the molecule is COc1ccc(N(C)C(=O)[C@H](Cc2ccccc2)NC(=O)C2CCCC2)cc1.COc1ccc(N(C)C(=O)[C@H](Cc2ccccc2)NC(=O)C2CCCC2)cc1.[Fe]. The summed E-state index contributed by atoms with van der Waals surface area (Å²) in [5, 5.41) is 6.05. The largest absolute Gasteiger partial charge is 0.497 e. The Balaban J connectivity index is 0.000000248. The zero-order valence-corrected chi connectivity index (χ0v) is 34.6. The molecule has 0 aromatic heterocycles. The summed E-state index contributed by atoms with van der Waals surface area (Å²) in [6, 6.07) is 33.1. The van der Waals surface area contributed by atoms with Crippen molar-refractivity contribution in [3.05, 3.63) is 120 Å². The Morgan fingerprint density at radius 2 is 0.860 bits per heavy atom. The molecule has 0 radical (unpaired) electrons. The molecule has 304 valence electrons. The molecule has 57 heavy (non-hydrogen) atoms. The molecule has 4 aromatic carbocycles. The second-order valence-corrected chi connectivity index (χ2v) is 14.7. The number of carbonyl (C=O) groups excluding carboxylic acids is 4. The predicted molar refractivity (Wildman–Crippen MR) is 221 cm³/mol. The minimum Gasteiger partial charge on any atom is -0.497 e. The maximum absolute atomic E-state index is 13.2. The van der Waals surface area contributed by atoms with Crippen molar-refractivity contribution in [3.8, 4) is 11.5 Å². The molecule has 2 saturated carbocycles. The number of carbonyl (C=O) groups is 4. The van der Waals surface area contributed by atoms with Crippen LogP contribution in [0.25, 0.3) is 0 Å². The molecule has 2 fully saturated rings. The number of nitrogens with one attached hydrogen (secondary N) is 2. The van der Waals surface area contributed by atoms with Crippen LogP contribution in [0.1, 0.15) is 62.5 Å². The molecule has 0 spiro atoms. The van der Waals surface area contributed by atoms with E-state index in [1.165, 1.54) is 0 Å². The van der Waals surface area contributed by atoms with Gasteiger partial charge in [0.2, 0.25) is 23.6 Å². The maximum Gasteiger partial charge on any atom is 0.249 e. The van der Waals surface area contributed by atoms with Crippen molar-refractivity contribution in [2.24, 2.45) is 11.8 Å². The van der Waals surface area contributed by atoms with Gasteiger partial charge in [0.25, 0.3) is 0 Å². The molecule has 2 atom stereocenters. The molecular weight excluding hydrogens is 760 g/mol. The number of ether oxygens (including phenoxy) is 2. The molecule has 10 nitrogen and oxygen atoms in total.